The minimum atomic E-state index is -1.19. The van der Waals surface area contributed by atoms with Gasteiger partial charge in [-0.15, -0.1) is 0 Å². The fourth-order valence-corrected chi connectivity index (χ4v) is 4.53. The van der Waals surface area contributed by atoms with Gasteiger partial charge in [-0.2, -0.15) is 0 Å². The Morgan fingerprint density at radius 3 is 2.67 bits per heavy atom. The van der Waals surface area contributed by atoms with Crippen LogP contribution in [0.1, 0.15) is 36.1 Å². The zero-order valence-electron chi connectivity index (χ0n) is 19.9. The second kappa shape index (κ2) is 9.87. The zero-order chi connectivity index (χ0) is 25.2. The minimum absolute atomic E-state index is 0.127. The van der Waals surface area contributed by atoms with E-state index >= 15 is 0 Å². The van der Waals surface area contributed by atoms with E-state index in [-0.39, 0.29) is 24.3 Å². The molecular formula is C29H28N2O5. The lowest BCUT2D eigenvalue weighted by Gasteiger charge is -2.19. The normalized spacial score (nSPS) is 17.5. The number of carbonyl (C=O) groups excluding carboxylic acids is 1. The van der Waals surface area contributed by atoms with Crippen molar-refractivity contribution in [3.8, 4) is 16.9 Å². The number of hydrogen-bond donors (Lipinski definition) is 3. The van der Waals surface area contributed by atoms with Crippen molar-refractivity contribution in [3.05, 3.63) is 89.7 Å². The molecule has 0 saturated heterocycles. The lowest BCUT2D eigenvalue weighted by molar-refractivity contribution is -0.142. The molecule has 1 amide bonds. The Balaban J connectivity index is 1.42. The van der Waals surface area contributed by atoms with Crippen molar-refractivity contribution in [2.24, 2.45) is 17.6 Å². The third kappa shape index (κ3) is 4.83. The maximum atomic E-state index is 12.5. The van der Waals surface area contributed by atoms with E-state index in [1.54, 1.807) is 30.5 Å². The number of rotatable bonds is 9. The summed E-state index contributed by atoms with van der Waals surface area (Å²) in [7, 11) is 0. The maximum absolute atomic E-state index is 12.5. The van der Waals surface area contributed by atoms with E-state index in [2.05, 4.69) is 5.32 Å². The van der Waals surface area contributed by atoms with Crippen LogP contribution in [-0.2, 0) is 22.7 Å². The van der Waals surface area contributed by atoms with E-state index in [4.69, 9.17) is 14.9 Å². The highest BCUT2D eigenvalue weighted by molar-refractivity contribution is 5.93. The third-order valence-corrected chi connectivity index (χ3v) is 6.69. The average Bonchev–Trinajstić information content (AvgIpc) is 3.44. The van der Waals surface area contributed by atoms with Crippen LogP contribution in [0.3, 0.4) is 0 Å². The molecule has 1 aliphatic carbocycles. The molecule has 36 heavy (non-hydrogen) atoms. The van der Waals surface area contributed by atoms with Gasteiger partial charge in [-0.25, -0.2) is 4.79 Å². The van der Waals surface area contributed by atoms with Crippen LogP contribution in [-0.4, -0.2) is 17.0 Å². The maximum Gasteiger partial charge on any atom is 0.331 e. The largest absolute Gasteiger partial charge is 0.489 e. The van der Waals surface area contributed by atoms with E-state index in [1.807, 2.05) is 49.4 Å². The first-order chi connectivity index (χ1) is 17.4. The van der Waals surface area contributed by atoms with Gasteiger partial charge >= 0.3 is 5.97 Å². The molecule has 7 heteroatoms. The van der Waals surface area contributed by atoms with Gasteiger partial charge in [0, 0.05) is 29.0 Å². The van der Waals surface area contributed by atoms with Gasteiger partial charge in [-0.05, 0) is 59.4 Å². The highest BCUT2D eigenvalue weighted by Crippen LogP contribution is 2.39. The summed E-state index contributed by atoms with van der Waals surface area (Å²) in [5.41, 5.74) is 10.9. The van der Waals surface area contributed by atoms with E-state index in [0.29, 0.717) is 17.9 Å². The van der Waals surface area contributed by atoms with Crippen LogP contribution in [0.15, 0.2) is 77.4 Å². The molecule has 3 aromatic carbocycles. The van der Waals surface area contributed by atoms with Crippen molar-refractivity contribution in [1.29, 1.82) is 0 Å². The first kappa shape index (κ1) is 23.6. The standard InChI is InChI=1S/C29H28N2O5/c1-17-11-23(17)28(32)31-26(29(33)34)22-7-2-3-8-25(22)36-16-19-13-21-9-10-35-27(21)24(14-19)20-6-4-5-18(12-20)15-30/h2-10,12-14,17,23,26H,11,15-16,30H2,1H3,(H,31,32)(H,33,34)/t17-,23-,26+/m1/s1. The van der Waals surface area contributed by atoms with Gasteiger partial charge in [0.15, 0.2) is 6.04 Å². The zero-order valence-corrected chi connectivity index (χ0v) is 19.9. The number of nitrogens with one attached hydrogen (secondary N) is 1. The lowest BCUT2D eigenvalue weighted by atomic mass is 9.99. The van der Waals surface area contributed by atoms with E-state index in [9.17, 15) is 14.7 Å². The Hall–Kier alpha value is -4.10. The van der Waals surface area contributed by atoms with Gasteiger partial charge in [0.25, 0.3) is 0 Å². The number of carboxylic acids is 1. The molecule has 1 heterocycles. The molecule has 1 saturated carbocycles. The van der Waals surface area contributed by atoms with E-state index in [1.165, 1.54) is 0 Å². The summed E-state index contributed by atoms with van der Waals surface area (Å²) < 4.78 is 11.9. The predicted octanol–water partition coefficient (Wildman–Crippen LogP) is 5.04. The second-order valence-corrected chi connectivity index (χ2v) is 9.31. The van der Waals surface area contributed by atoms with Crippen molar-refractivity contribution in [2.75, 3.05) is 0 Å². The second-order valence-electron chi connectivity index (χ2n) is 9.31. The van der Waals surface area contributed by atoms with Crippen molar-refractivity contribution in [2.45, 2.75) is 32.5 Å². The molecular weight excluding hydrogens is 456 g/mol. The van der Waals surface area contributed by atoms with E-state index < -0.39 is 12.0 Å². The Morgan fingerprint density at radius 2 is 1.92 bits per heavy atom. The molecule has 0 spiro atoms. The van der Waals surface area contributed by atoms with Crippen LogP contribution >= 0.6 is 0 Å². The van der Waals surface area contributed by atoms with E-state index in [0.717, 1.165) is 39.6 Å². The molecule has 4 N–H and O–H groups in total. The molecule has 7 nitrogen and oxygen atoms in total. The number of carboxylic acid groups (broad SMARTS) is 1. The van der Waals surface area contributed by atoms with Crippen LogP contribution in [0, 0.1) is 11.8 Å². The molecule has 5 rings (SSSR count). The molecule has 1 fully saturated rings. The number of benzene rings is 3. The molecule has 3 atom stereocenters. The monoisotopic (exact) mass is 484 g/mol. The molecule has 1 aliphatic rings. The van der Waals surface area contributed by atoms with Crippen LogP contribution in [0.2, 0.25) is 0 Å². The topological polar surface area (TPSA) is 115 Å². The lowest BCUT2D eigenvalue weighted by Crippen LogP contribution is -2.35. The fourth-order valence-electron chi connectivity index (χ4n) is 4.53. The van der Waals surface area contributed by atoms with Crippen LogP contribution in [0.25, 0.3) is 22.1 Å². The van der Waals surface area contributed by atoms with Gasteiger partial charge in [0.1, 0.15) is 17.9 Å². The van der Waals surface area contributed by atoms with Crippen LogP contribution < -0.4 is 15.8 Å². The van der Waals surface area contributed by atoms with Crippen molar-refractivity contribution in [1.82, 2.24) is 5.32 Å². The molecule has 0 aliphatic heterocycles. The molecule has 1 aromatic heterocycles. The highest BCUT2D eigenvalue weighted by atomic mass is 16.5. The SMILES string of the molecule is C[C@@H]1C[C@H]1C(=O)N[C@H](C(=O)O)c1ccccc1OCc1cc(-c2cccc(CN)c2)c2occc2c1. The summed E-state index contributed by atoms with van der Waals surface area (Å²) in [5.74, 6) is -0.802. The number of fused-ring (bicyclic) bond motifs is 1. The summed E-state index contributed by atoms with van der Waals surface area (Å²) in [6.45, 7) is 2.63. The van der Waals surface area contributed by atoms with Crippen LogP contribution in [0.4, 0.5) is 0 Å². The summed E-state index contributed by atoms with van der Waals surface area (Å²) in [6.07, 6.45) is 2.44. The van der Waals surface area contributed by atoms with Gasteiger partial charge < -0.3 is 25.3 Å². The van der Waals surface area contributed by atoms with Gasteiger partial charge in [0.2, 0.25) is 5.91 Å². The minimum Gasteiger partial charge on any atom is -0.489 e. The Morgan fingerprint density at radius 1 is 1.11 bits per heavy atom. The predicted molar refractivity (Wildman–Crippen MR) is 136 cm³/mol. The van der Waals surface area contributed by atoms with Crippen molar-refractivity contribution < 1.29 is 23.8 Å². The number of carbonyl (C=O) groups is 2. The Kier molecular flexibility index (Phi) is 6.48. The highest BCUT2D eigenvalue weighted by Gasteiger charge is 2.41. The van der Waals surface area contributed by atoms with Gasteiger partial charge in [0.05, 0.1) is 6.26 Å². The van der Waals surface area contributed by atoms with Gasteiger partial charge in [-0.3, -0.25) is 4.79 Å². The molecule has 184 valence electrons. The fraction of sp³-hybridized carbons (Fsp3) is 0.241. The number of para-hydroxylation sites is 1. The molecule has 4 aromatic rings. The number of nitrogens with two attached hydrogens (primary N) is 1. The number of hydrogen-bond acceptors (Lipinski definition) is 5. The number of aliphatic carboxylic acids is 1. The summed E-state index contributed by atoms with van der Waals surface area (Å²) >= 11 is 0. The van der Waals surface area contributed by atoms with Crippen molar-refractivity contribution in [3.63, 3.8) is 0 Å². The Bertz CT molecular complexity index is 1430. The smallest absolute Gasteiger partial charge is 0.331 e. The molecule has 0 radical (unpaired) electrons. The average molecular weight is 485 g/mol. The number of amides is 1. The molecule has 0 bridgehead atoms. The summed E-state index contributed by atoms with van der Waals surface area (Å²) in [6, 6.07) is 19.6. The summed E-state index contributed by atoms with van der Waals surface area (Å²) in [5, 5.41) is 13.5. The summed E-state index contributed by atoms with van der Waals surface area (Å²) in [4.78, 5) is 24.5. The quantitative estimate of drug-likeness (QED) is 0.307. The first-order valence-electron chi connectivity index (χ1n) is 12.0. The third-order valence-electron chi connectivity index (χ3n) is 6.69. The Labute approximate surface area is 208 Å². The first-order valence-corrected chi connectivity index (χ1v) is 12.0. The molecule has 0 unspecified atom stereocenters. The van der Waals surface area contributed by atoms with Crippen LogP contribution in [0.5, 0.6) is 5.75 Å². The van der Waals surface area contributed by atoms with Gasteiger partial charge in [-0.1, -0.05) is 43.3 Å². The number of ether oxygens (including phenoxy) is 1. The number of furan rings is 1. The van der Waals surface area contributed by atoms with Crippen molar-refractivity contribution >= 4 is 22.8 Å².